The SMILES string of the molecule is C\C=C(OC)/C(=C\C=C\C=C\c1cc(/C=C/c2ccc3[nH]ccc3c2)[nH]n1)OCc1ccccn1. The fourth-order valence-corrected chi connectivity index (χ4v) is 3.44. The van der Waals surface area contributed by atoms with Gasteiger partial charge < -0.3 is 14.5 Å². The number of ether oxygens (including phenoxy) is 2. The Bertz CT molecular complexity index is 1390. The van der Waals surface area contributed by atoms with Crippen LogP contribution in [0.15, 0.2) is 103 Å². The number of hydrogen-bond acceptors (Lipinski definition) is 4. The van der Waals surface area contributed by atoms with Gasteiger partial charge in [-0.3, -0.25) is 10.1 Å². The molecular weight excluding hydrogens is 436 g/mol. The molecule has 4 aromatic rings. The van der Waals surface area contributed by atoms with Gasteiger partial charge in [0, 0.05) is 17.9 Å². The van der Waals surface area contributed by atoms with Gasteiger partial charge in [0.05, 0.1) is 24.2 Å². The Labute approximate surface area is 205 Å². The molecule has 6 nitrogen and oxygen atoms in total. The molecule has 0 fully saturated rings. The summed E-state index contributed by atoms with van der Waals surface area (Å²) >= 11 is 0. The van der Waals surface area contributed by atoms with E-state index in [1.807, 2.05) is 79.9 Å². The Morgan fingerprint density at radius 2 is 1.91 bits per heavy atom. The largest absolute Gasteiger partial charge is 0.493 e. The van der Waals surface area contributed by atoms with Crippen LogP contribution in [0.1, 0.15) is 29.6 Å². The molecule has 6 heteroatoms. The highest BCUT2D eigenvalue weighted by molar-refractivity contribution is 5.83. The van der Waals surface area contributed by atoms with E-state index < -0.39 is 0 Å². The Balaban J connectivity index is 1.36. The van der Waals surface area contributed by atoms with Crippen LogP contribution in [0.25, 0.3) is 29.1 Å². The van der Waals surface area contributed by atoms with Crippen LogP contribution < -0.4 is 0 Å². The van der Waals surface area contributed by atoms with Gasteiger partial charge in [-0.05, 0) is 78.6 Å². The van der Waals surface area contributed by atoms with Crippen LogP contribution in [0.5, 0.6) is 0 Å². The summed E-state index contributed by atoms with van der Waals surface area (Å²) in [6, 6.07) is 16.1. The van der Waals surface area contributed by atoms with Gasteiger partial charge in [-0.1, -0.05) is 36.4 Å². The first kappa shape index (κ1) is 23.6. The lowest BCUT2D eigenvalue weighted by Crippen LogP contribution is -2.00. The van der Waals surface area contributed by atoms with Gasteiger partial charge in [-0.2, -0.15) is 5.10 Å². The maximum atomic E-state index is 5.93. The Morgan fingerprint density at radius 1 is 0.971 bits per heavy atom. The van der Waals surface area contributed by atoms with Crippen molar-refractivity contribution in [3.8, 4) is 0 Å². The van der Waals surface area contributed by atoms with Gasteiger partial charge in [0.25, 0.3) is 0 Å². The van der Waals surface area contributed by atoms with Crippen molar-refractivity contribution >= 4 is 29.1 Å². The number of H-pyrrole nitrogens is 2. The lowest BCUT2D eigenvalue weighted by atomic mass is 10.1. The summed E-state index contributed by atoms with van der Waals surface area (Å²) in [5.41, 5.74) is 4.90. The van der Waals surface area contributed by atoms with Crippen molar-refractivity contribution in [1.82, 2.24) is 20.2 Å². The molecule has 0 amide bonds. The lowest BCUT2D eigenvalue weighted by Gasteiger charge is -2.12. The molecule has 0 aliphatic heterocycles. The first-order chi connectivity index (χ1) is 17.2. The molecule has 35 heavy (non-hydrogen) atoms. The molecule has 0 bridgehead atoms. The van der Waals surface area contributed by atoms with Crippen LogP contribution in [0.4, 0.5) is 0 Å². The molecule has 0 spiro atoms. The number of nitrogens with one attached hydrogen (secondary N) is 2. The molecule has 1 aromatic carbocycles. The Kier molecular flexibility index (Phi) is 8.11. The zero-order valence-corrected chi connectivity index (χ0v) is 19.8. The molecule has 0 saturated heterocycles. The predicted molar refractivity (Wildman–Crippen MR) is 142 cm³/mol. The molecule has 0 unspecified atom stereocenters. The van der Waals surface area contributed by atoms with Crippen molar-refractivity contribution in [3.63, 3.8) is 0 Å². The molecule has 0 radical (unpaired) electrons. The fourth-order valence-electron chi connectivity index (χ4n) is 3.44. The van der Waals surface area contributed by atoms with Gasteiger partial charge in [0.15, 0.2) is 11.5 Å². The Morgan fingerprint density at radius 3 is 2.74 bits per heavy atom. The van der Waals surface area contributed by atoms with Crippen molar-refractivity contribution < 1.29 is 9.47 Å². The van der Waals surface area contributed by atoms with Gasteiger partial charge in [-0.25, -0.2) is 0 Å². The minimum atomic E-state index is 0.361. The minimum absolute atomic E-state index is 0.361. The number of nitrogens with zero attached hydrogens (tertiary/aromatic N) is 2. The number of methoxy groups -OCH3 is 1. The second kappa shape index (κ2) is 12.0. The molecule has 0 saturated carbocycles. The van der Waals surface area contributed by atoms with E-state index in [1.165, 1.54) is 5.39 Å². The molecule has 0 atom stereocenters. The van der Waals surface area contributed by atoms with Crippen LogP contribution in [0.2, 0.25) is 0 Å². The van der Waals surface area contributed by atoms with Gasteiger partial charge in [0.1, 0.15) is 6.61 Å². The average molecular weight is 465 g/mol. The van der Waals surface area contributed by atoms with E-state index in [2.05, 4.69) is 50.5 Å². The van der Waals surface area contributed by atoms with E-state index >= 15 is 0 Å². The molecule has 2 N–H and O–H groups in total. The first-order valence-electron chi connectivity index (χ1n) is 11.3. The lowest BCUT2D eigenvalue weighted by molar-refractivity contribution is 0.163. The van der Waals surface area contributed by atoms with E-state index in [1.54, 1.807) is 13.3 Å². The van der Waals surface area contributed by atoms with E-state index in [4.69, 9.17) is 9.47 Å². The highest BCUT2D eigenvalue weighted by atomic mass is 16.5. The van der Waals surface area contributed by atoms with Crippen LogP contribution in [0, 0.1) is 0 Å². The molecule has 4 rings (SSSR count). The summed E-state index contributed by atoms with van der Waals surface area (Å²) in [6.07, 6.45) is 19.2. The molecular formula is C29H28N4O2. The number of fused-ring (bicyclic) bond motifs is 1. The third-order valence-corrected chi connectivity index (χ3v) is 5.21. The average Bonchev–Trinajstić information content (AvgIpc) is 3.55. The standard InChI is InChI=1S/C29H28N4O2/c1-3-28(34-2)29(35-21-26-10-7-8-17-30-26)11-6-4-5-9-24-20-25(33-32-24)14-12-22-13-15-27-23(19-22)16-18-31-27/h3-20,31H,21H2,1-2H3,(H,32,33)/b6-4+,9-5+,14-12+,28-3+,29-11+. The number of pyridine rings is 1. The topological polar surface area (TPSA) is 75.8 Å². The normalized spacial score (nSPS) is 13.0. The van der Waals surface area contributed by atoms with E-state index in [0.29, 0.717) is 18.1 Å². The second-order valence-electron chi connectivity index (χ2n) is 7.65. The summed E-state index contributed by atoms with van der Waals surface area (Å²) in [4.78, 5) is 7.50. The number of hydrogen-bond donors (Lipinski definition) is 2. The van der Waals surface area contributed by atoms with Crippen LogP contribution in [0.3, 0.4) is 0 Å². The smallest absolute Gasteiger partial charge is 0.161 e. The number of benzene rings is 1. The molecule has 176 valence electrons. The predicted octanol–water partition coefficient (Wildman–Crippen LogP) is 6.68. The second-order valence-corrected chi connectivity index (χ2v) is 7.65. The highest BCUT2D eigenvalue weighted by Crippen LogP contribution is 2.17. The van der Waals surface area contributed by atoms with Gasteiger partial charge >= 0.3 is 0 Å². The Hall–Kier alpha value is -4.58. The number of aromatic amines is 2. The zero-order chi connectivity index (χ0) is 24.3. The van der Waals surface area contributed by atoms with Crippen LogP contribution >= 0.6 is 0 Å². The van der Waals surface area contributed by atoms with Gasteiger partial charge in [0.2, 0.25) is 0 Å². The van der Waals surface area contributed by atoms with Crippen molar-refractivity contribution in [1.29, 1.82) is 0 Å². The van der Waals surface area contributed by atoms with E-state index in [9.17, 15) is 0 Å². The summed E-state index contributed by atoms with van der Waals surface area (Å²) in [6.45, 7) is 2.27. The zero-order valence-electron chi connectivity index (χ0n) is 19.8. The summed E-state index contributed by atoms with van der Waals surface area (Å²) in [7, 11) is 1.62. The number of rotatable bonds is 10. The first-order valence-corrected chi connectivity index (χ1v) is 11.3. The van der Waals surface area contributed by atoms with E-state index in [-0.39, 0.29) is 0 Å². The van der Waals surface area contributed by atoms with Crippen LogP contribution in [-0.4, -0.2) is 27.3 Å². The highest BCUT2D eigenvalue weighted by Gasteiger charge is 2.06. The summed E-state index contributed by atoms with van der Waals surface area (Å²) in [5.74, 6) is 1.30. The quantitative estimate of drug-likeness (QED) is 0.203. The van der Waals surface area contributed by atoms with E-state index in [0.717, 1.165) is 28.2 Å². The molecule has 0 aliphatic rings. The van der Waals surface area contributed by atoms with Crippen molar-refractivity contribution in [2.75, 3.05) is 7.11 Å². The van der Waals surface area contributed by atoms with Crippen LogP contribution in [-0.2, 0) is 16.1 Å². The number of allylic oxidation sites excluding steroid dienone is 5. The third-order valence-electron chi connectivity index (χ3n) is 5.21. The monoisotopic (exact) mass is 464 g/mol. The van der Waals surface area contributed by atoms with Crippen molar-refractivity contribution in [2.45, 2.75) is 13.5 Å². The molecule has 0 aliphatic carbocycles. The fraction of sp³-hybridized carbons (Fsp3) is 0.103. The number of aromatic nitrogens is 4. The minimum Gasteiger partial charge on any atom is -0.493 e. The third kappa shape index (κ3) is 6.71. The van der Waals surface area contributed by atoms with Crippen molar-refractivity contribution in [2.24, 2.45) is 0 Å². The van der Waals surface area contributed by atoms with Gasteiger partial charge in [-0.15, -0.1) is 0 Å². The maximum Gasteiger partial charge on any atom is 0.161 e. The molecule has 3 aromatic heterocycles. The summed E-state index contributed by atoms with van der Waals surface area (Å²) < 4.78 is 11.4. The van der Waals surface area contributed by atoms with Crippen molar-refractivity contribution in [3.05, 3.63) is 125 Å². The maximum absolute atomic E-state index is 5.93. The molecule has 3 heterocycles. The summed E-state index contributed by atoms with van der Waals surface area (Å²) in [5, 5.41) is 8.59.